The van der Waals surface area contributed by atoms with E-state index in [4.69, 9.17) is 4.52 Å². The Labute approximate surface area is 158 Å². The van der Waals surface area contributed by atoms with Crippen LogP contribution in [0.15, 0.2) is 28.8 Å². The number of fused-ring (bicyclic) bond motifs is 1. The van der Waals surface area contributed by atoms with Crippen molar-refractivity contribution in [2.75, 3.05) is 13.1 Å². The van der Waals surface area contributed by atoms with E-state index in [0.717, 1.165) is 61.8 Å². The third-order valence-corrected chi connectivity index (χ3v) is 5.81. The Morgan fingerprint density at radius 2 is 1.89 bits per heavy atom. The number of carbonyl (C=O) groups is 2. The highest BCUT2D eigenvalue weighted by molar-refractivity contribution is 5.94. The van der Waals surface area contributed by atoms with Crippen molar-refractivity contribution < 1.29 is 19.2 Å². The van der Waals surface area contributed by atoms with Gasteiger partial charge in [-0.25, -0.2) is 4.79 Å². The second-order valence-corrected chi connectivity index (χ2v) is 7.54. The molecule has 0 unspecified atom stereocenters. The van der Waals surface area contributed by atoms with E-state index in [2.05, 4.69) is 5.16 Å². The second-order valence-electron chi connectivity index (χ2n) is 7.54. The number of carboxylic acid groups (broad SMARTS) is 1. The van der Waals surface area contributed by atoms with Crippen molar-refractivity contribution >= 4 is 11.9 Å². The van der Waals surface area contributed by atoms with Gasteiger partial charge in [0.1, 0.15) is 5.76 Å². The van der Waals surface area contributed by atoms with Gasteiger partial charge in [-0.3, -0.25) is 4.79 Å². The maximum absolute atomic E-state index is 12.9. The number of nitrogens with zero attached hydrogens (tertiary/aromatic N) is 2. The van der Waals surface area contributed by atoms with E-state index < -0.39 is 5.97 Å². The zero-order chi connectivity index (χ0) is 18.8. The number of likely N-dealkylation sites (tertiary alicyclic amines) is 1. The summed E-state index contributed by atoms with van der Waals surface area (Å²) in [6.45, 7) is 1.36. The molecular weight excluding hydrogens is 344 g/mol. The monoisotopic (exact) mass is 368 g/mol. The van der Waals surface area contributed by atoms with Gasteiger partial charge in [-0.05, 0) is 56.1 Å². The van der Waals surface area contributed by atoms with E-state index >= 15 is 0 Å². The normalized spacial score (nSPS) is 17.6. The van der Waals surface area contributed by atoms with Gasteiger partial charge >= 0.3 is 5.97 Å². The Bertz CT molecular complexity index is 850. The van der Waals surface area contributed by atoms with Crippen molar-refractivity contribution in [2.45, 2.75) is 44.9 Å². The van der Waals surface area contributed by atoms with E-state index in [1.165, 1.54) is 0 Å². The average molecular weight is 368 g/mol. The quantitative estimate of drug-likeness (QED) is 0.895. The minimum absolute atomic E-state index is 0.0220. The van der Waals surface area contributed by atoms with Gasteiger partial charge in [0, 0.05) is 25.1 Å². The molecule has 1 N–H and O–H groups in total. The molecule has 2 aliphatic rings. The Kier molecular flexibility index (Phi) is 4.97. The van der Waals surface area contributed by atoms with E-state index in [1.807, 2.05) is 17.0 Å². The van der Waals surface area contributed by atoms with E-state index in [0.29, 0.717) is 30.3 Å². The Hall–Kier alpha value is -2.63. The largest absolute Gasteiger partial charge is 0.478 e. The standard InChI is InChI=1S/C21H24N2O4/c24-20(19-17-7-3-4-8-18(17)27-22-19)23-11-9-14(10-12-23)13-15-5-1-2-6-16(15)21(25)26/h1-2,5-6,14H,3-4,7-13H2,(H,25,26). The summed E-state index contributed by atoms with van der Waals surface area (Å²) in [5.41, 5.74) is 2.76. The van der Waals surface area contributed by atoms with Crippen molar-refractivity contribution in [3.8, 4) is 0 Å². The van der Waals surface area contributed by atoms with Crippen LogP contribution in [0.4, 0.5) is 0 Å². The van der Waals surface area contributed by atoms with Crippen molar-refractivity contribution in [3.05, 3.63) is 52.4 Å². The first kappa shape index (κ1) is 17.8. The maximum atomic E-state index is 12.9. The van der Waals surface area contributed by atoms with Crippen LogP contribution in [0.3, 0.4) is 0 Å². The molecule has 6 heteroatoms. The molecule has 0 spiro atoms. The fraction of sp³-hybridized carbons (Fsp3) is 0.476. The van der Waals surface area contributed by atoms with Crippen LogP contribution in [0.1, 0.15) is 63.4 Å². The summed E-state index contributed by atoms with van der Waals surface area (Å²) in [4.78, 5) is 26.1. The third kappa shape index (κ3) is 3.61. The van der Waals surface area contributed by atoms with Crippen LogP contribution in [0.25, 0.3) is 0 Å². The molecule has 27 heavy (non-hydrogen) atoms. The minimum atomic E-state index is -0.881. The van der Waals surface area contributed by atoms with Gasteiger partial charge in [0.15, 0.2) is 5.69 Å². The van der Waals surface area contributed by atoms with Crippen molar-refractivity contribution in [1.29, 1.82) is 0 Å². The highest BCUT2D eigenvalue weighted by atomic mass is 16.5. The van der Waals surface area contributed by atoms with Crippen LogP contribution in [-0.2, 0) is 19.3 Å². The number of aromatic nitrogens is 1. The number of amides is 1. The molecule has 1 amide bonds. The number of aryl methyl sites for hydroxylation is 1. The molecule has 0 atom stereocenters. The molecule has 2 aromatic rings. The smallest absolute Gasteiger partial charge is 0.335 e. The number of rotatable bonds is 4. The number of benzene rings is 1. The van der Waals surface area contributed by atoms with Crippen LogP contribution in [0.5, 0.6) is 0 Å². The average Bonchev–Trinajstić information content (AvgIpc) is 3.12. The Morgan fingerprint density at radius 1 is 1.15 bits per heavy atom. The molecule has 142 valence electrons. The number of carboxylic acids is 1. The number of aromatic carboxylic acids is 1. The van der Waals surface area contributed by atoms with Gasteiger partial charge in [0.25, 0.3) is 5.91 Å². The molecule has 0 radical (unpaired) electrons. The molecule has 0 saturated carbocycles. The van der Waals surface area contributed by atoms with Gasteiger partial charge in [0.05, 0.1) is 5.56 Å². The van der Waals surface area contributed by atoms with Crippen LogP contribution in [0.2, 0.25) is 0 Å². The summed E-state index contributed by atoms with van der Waals surface area (Å²) in [6, 6.07) is 7.19. The number of hydrogen-bond acceptors (Lipinski definition) is 4. The molecule has 1 aliphatic carbocycles. The van der Waals surface area contributed by atoms with Crippen LogP contribution < -0.4 is 0 Å². The highest BCUT2D eigenvalue weighted by Gasteiger charge is 2.30. The molecule has 6 nitrogen and oxygen atoms in total. The first-order valence-corrected chi connectivity index (χ1v) is 9.71. The summed E-state index contributed by atoms with van der Waals surface area (Å²) < 4.78 is 5.38. The first-order chi connectivity index (χ1) is 13.1. The number of piperidine rings is 1. The lowest BCUT2D eigenvalue weighted by Gasteiger charge is -2.32. The first-order valence-electron chi connectivity index (χ1n) is 9.71. The van der Waals surface area contributed by atoms with Gasteiger partial charge in [0.2, 0.25) is 0 Å². The van der Waals surface area contributed by atoms with Crippen LogP contribution >= 0.6 is 0 Å². The van der Waals surface area contributed by atoms with Gasteiger partial charge in [-0.2, -0.15) is 0 Å². The molecule has 2 heterocycles. The summed E-state index contributed by atoms with van der Waals surface area (Å²) in [5.74, 6) is 0.367. The minimum Gasteiger partial charge on any atom is -0.478 e. The van der Waals surface area contributed by atoms with Gasteiger partial charge in [-0.15, -0.1) is 0 Å². The third-order valence-electron chi connectivity index (χ3n) is 5.81. The second kappa shape index (κ2) is 7.55. The summed E-state index contributed by atoms with van der Waals surface area (Å²) in [6.07, 6.45) is 6.42. The fourth-order valence-corrected chi connectivity index (χ4v) is 4.26. The molecule has 1 saturated heterocycles. The lowest BCUT2D eigenvalue weighted by molar-refractivity contribution is 0.0679. The summed E-state index contributed by atoms with van der Waals surface area (Å²) >= 11 is 0. The van der Waals surface area contributed by atoms with E-state index in [9.17, 15) is 14.7 Å². The summed E-state index contributed by atoms with van der Waals surface area (Å²) in [7, 11) is 0. The fourth-order valence-electron chi connectivity index (χ4n) is 4.26. The van der Waals surface area contributed by atoms with Gasteiger partial charge in [-0.1, -0.05) is 23.4 Å². The van der Waals surface area contributed by atoms with E-state index in [1.54, 1.807) is 12.1 Å². The van der Waals surface area contributed by atoms with Crippen molar-refractivity contribution in [1.82, 2.24) is 10.1 Å². The molecule has 1 fully saturated rings. The molecule has 1 aromatic carbocycles. The van der Waals surface area contributed by atoms with E-state index in [-0.39, 0.29) is 5.91 Å². The zero-order valence-electron chi connectivity index (χ0n) is 15.3. The molecule has 1 aliphatic heterocycles. The van der Waals surface area contributed by atoms with Gasteiger partial charge < -0.3 is 14.5 Å². The number of carbonyl (C=O) groups excluding carboxylic acids is 1. The SMILES string of the molecule is O=C(O)c1ccccc1CC1CCN(C(=O)c2noc3c2CCCC3)CC1. The predicted molar refractivity (Wildman–Crippen MR) is 98.9 cm³/mol. The molecule has 1 aromatic heterocycles. The Balaban J connectivity index is 1.39. The highest BCUT2D eigenvalue weighted by Crippen LogP contribution is 2.28. The van der Waals surface area contributed by atoms with Crippen molar-refractivity contribution in [2.24, 2.45) is 5.92 Å². The van der Waals surface area contributed by atoms with Crippen LogP contribution in [0, 0.1) is 5.92 Å². The Morgan fingerprint density at radius 3 is 2.67 bits per heavy atom. The lowest BCUT2D eigenvalue weighted by atomic mass is 9.88. The summed E-state index contributed by atoms with van der Waals surface area (Å²) in [5, 5.41) is 13.4. The lowest BCUT2D eigenvalue weighted by Crippen LogP contribution is -2.39. The molecule has 4 rings (SSSR count). The molecular formula is C21H24N2O4. The topological polar surface area (TPSA) is 83.6 Å². The van der Waals surface area contributed by atoms with Crippen LogP contribution in [-0.4, -0.2) is 40.1 Å². The predicted octanol–water partition coefficient (Wildman–Crippen LogP) is 3.35. The molecule has 0 bridgehead atoms. The maximum Gasteiger partial charge on any atom is 0.335 e. The van der Waals surface area contributed by atoms with Crippen molar-refractivity contribution in [3.63, 3.8) is 0 Å². The zero-order valence-corrected chi connectivity index (χ0v) is 15.3. The number of hydrogen-bond donors (Lipinski definition) is 1.